The van der Waals surface area contributed by atoms with E-state index in [9.17, 15) is 0 Å². The van der Waals surface area contributed by atoms with Crippen LogP contribution in [0.5, 0.6) is 0 Å². The van der Waals surface area contributed by atoms with Gasteiger partial charge >= 0.3 is 0 Å². The Morgan fingerprint density at radius 2 is 0.898 bits per heavy atom. The van der Waals surface area contributed by atoms with Gasteiger partial charge in [0, 0.05) is 10.8 Å². The zero-order valence-electron chi connectivity index (χ0n) is 27.0. The molecule has 0 radical (unpaired) electrons. The maximum Gasteiger partial charge on any atom is 0.135 e. The highest BCUT2D eigenvalue weighted by Crippen LogP contribution is 2.46. The maximum absolute atomic E-state index is 6.21. The van der Waals surface area contributed by atoms with E-state index in [-0.39, 0.29) is 0 Å². The van der Waals surface area contributed by atoms with E-state index in [1.807, 2.05) is 24.3 Å². The molecule has 1 heterocycles. The zero-order chi connectivity index (χ0) is 32.9. The second-order valence-corrected chi connectivity index (χ2v) is 12.6. The van der Waals surface area contributed by atoms with E-state index in [1.54, 1.807) is 0 Å². The van der Waals surface area contributed by atoms with E-state index < -0.39 is 0 Å². The third kappa shape index (κ3) is 4.79. The van der Waals surface area contributed by atoms with Gasteiger partial charge in [0.1, 0.15) is 11.2 Å². The minimum atomic E-state index is 0.882. The Hall–Kier alpha value is -6.44. The zero-order valence-corrected chi connectivity index (χ0v) is 27.0. The smallest absolute Gasteiger partial charge is 0.135 e. The maximum atomic E-state index is 6.21. The van der Waals surface area contributed by atoms with Crippen LogP contribution in [0.15, 0.2) is 175 Å². The molecular formula is C48H32O. The summed E-state index contributed by atoms with van der Waals surface area (Å²) in [6.45, 7) is 8.72. The highest BCUT2D eigenvalue weighted by atomic mass is 16.3. The van der Waals surface area contributed by atoms with Gasteiger partial charge in [-0.3, -0.25) is 0 Å². The Balaban J connectivity index is 1.33. The van der Waals surface area contributed by atoms with Crippen LogP contribution < -0.4 is 0 Å². The predicted molar refractivity (Wildman–Crippen MR) is 211 cm³/mol. The third-order valence-corrected chi connectivity index (χ3v) is 9.82. The summed E-state index contributed by atoms with van der Waals surface area (Å²) >= 11 is 0. The van der Waals surface area contributed by atoms with E-state index in [0.29, 0.717) is 0 Å². The summed E-state index contributed by atoms with van der Waals surface area (Å²) in [7, 11) is 0. The first-order valence-corrected chi connectivity index (χ1v) is 16.7. The molecule has 49 heavy (non-hydrogen) atoms. The Kier molecular flexibility index (Phi) is 6.85. The van der Waals surface area contributed by atoms with Crippen molar-refractivity contribution in [3.63, 3.8) is 0 Å². The fourth-order valence-electron chi connectivity index (χ4n) is 7.46. The van der Waals surface area contributed by atoms with Gasteiger partial charge in [0.25, 0.3) is 0 Å². The van der Waals surface area contributed by atoms with Gasteiger partial charge in [-0.1, -0.05) is 153 Å². The topological polar surface area (TPSA) is 13.1 Å². The first kappa shape index (κ1) is 28.8. The third-order valence-electron chi connectivity index (χ3n) is 9.82. The van der Waals surface area contributed by atoms with E-state index in [4.69, 9.17) is 4.42 Å². The predicted octanol–water partition coefficient (Wildman–Crippen LogP) is 13.8. The number of rotatable bonds is 6. The normalized spacial score (nSPS) is 11.4. The van der Waals surface area contributed by atoms with Crippen LogP contribution in [0.25, 0.3) is 100 Å². The average molecular weight is 625 g/mol. The SMILES string of the molecule is C=Cc1c(C=C)c(-c2ccc(-c3ccccc3)cc2)c2cc(-c3ccc4ccccc4c3)ccc2c1-c1ccc2oc3ccccc3c2c1. The molecule has 0 unspecified atom stereocenters. The van der Waals surface area contributed by atoms with Crippen molar-refractivity contribution in [2.75, 3.05) is 0 Å². The van der Waals surface area contributed by atoms with Crippen LogP contribution >= 0.6 is 0 Å². The van der Waals surface area contributed by atoms with Crippen LogP contribution in [-0.2, 0) is 0 Å². The minimum absolute atomic E-state index is 0.882. The molecule has 0 spiro atoms. The van der Waals surface area contributed by atoms with Crippen molar-refractivity contribution in [1.82, 2.24) is 0 Å². The van der Waals surface area contributed by atoms with E-state index in [1.165, 1.54) is 43.8 Å². The highest BCUT2D eigenvalue weighted by Gasteiger charge is 2.21. The molecule has 0 amide bonds. The molecule has 0 aliphatic carbocycles. The first-order chi connectivity index (χ1) is 24.2. The van der Waals surface area contributed by atoms with Gasteiger partial charge in [-0.25, -0.2) is 0 Å². The van der Waals surface area contributed by atoms with Crippen molar-refractivity contribution in [3.05, 3.63) is 182 Å². The quantitative estimate of drug-likeness (QED) is 0.179. The van der Waals surface area contributed by atoms with Crippen LogP contribution in [0, 0.1) is 0 Å². The fraction of sp³-hybridized carbons (Fsp3) is 0. The van der Waals surface area contributed by atoms with Crippen LogP contribution in [0.4, 0.5) is 0 Å². The van der Waals surface area contributed by atoms with Gasteiger partial charge in [-0.05, 0) is 108 Å². The molecule has 0 atom stereocenters. The van der Waals surface area contributed by atoms with Gasteiger partial charge in [-0.15, -0.1) is 0 Å². The Morgan fingerprint density at radius 3 is 1.69 bits per heavy atom. The fourth-order valence-corrected chi connectivity index (χ4v) is 7.46. The minimum Gasteiger partial charge on any atom is -0.456 e. The van der Waals surface area contributed by atoms with Crippen molar-refractivity contribution >= 4 is 55.6 Å². The molecule has 1 heteroatoms. The second-order valence-electron chi connectivity index (χ2n) is 12.6. The van der Waals surface area contributed by atoms with Gasteiger partial charge in [-0.2, -0.15) is 0 Å². The largest absolute Gasteiger partial charge is 0.456 e. The van der Waals surface area contributed by atoms with Crippen molar-refractivity contribution in [1.29, 1.82) is 0 Å². The molecule has 0 aliphatic rings. The van der Waals surface area contributed by atoms with Crippen molar-refractivity contribution in [2.24, 2.45) is 0 Å². The molecule has 1 aromatic heterocycles. The monoisotopic (exact) mass is 624 g/mol. The lowest BCUT2D eigenvalue weighted by Crippen LogP contribution is -1.97. The number of para-hydroxylation sites is 1. The lowest BCUT2D eigenvalue weighted by molar-refractivity contribution is 0.669. The highest BCUT2D eigenvalue weighted by molar-refractivity contribution is 6.14. The standard InChI is InChI=1S/C48H32O/c1-3-39-40(4-2)48(38-25-27-46-43(30-38)41-16-10-11-17-45(41)49-46)42-26-24-37(36-23-20-32-14-8-9-15-35(32)28-36)29-44(42)47(39)34-21-18-33(19-22-34)31-12-6-5-7-13-31/h3-30H,1-2H2. The summed E-state index contributed by atoms with van der Waals surface area (Å²) < 4.78 is 6.21. The summed E-state index contributed by atoms with van der Waals surface area (Å²) in [5.41, 5.74) is 13.2. The van der Waals surface area contributed by atoms with E-state index in [2.05, 4.69) is 159 Å². The molecule has 9 rings (SSSR count). The van der Waals surface area contributed by atoms with Crippen LogP contribution in [0.1, 0.15) is 11.1 Å². The van der Waals surface area contributed by atoms with Crippen LogP contribution in [-0.4, -0.2) is 0 Å². The van der Waals surface area contributed by atoms with Gasteiger partial charge in [0.05, 0.1) is 0 Å². The van der Waals surface area contributed by atoms with Crippen LogP contribution in [0.3, 0.4) is 0 Å². The number of fused-ring (bicyclic) bond motifs is 5. The van der Waals surface area contributed by atoms with Gasteiger partial charge in [0.15, 0.2) is 0 Å². The average Bonchev–Trinajstić information content (AvgIpc) is 3.55. The lowest BCUT2D eigenvalue weighted by Gasteiger charge is -2.21. The van der Waals surface area contributed by atoms with Crippen LogP contribution in [0.2, 0.25) is 0 Å². The number of benzene rings is 8. The first-order valence-electron chi connectivity index (χ1n) is 16.7. The number of hydrogen-bond acceptors (Lipinski definition) is 1. The summed E-state index contributed by atoms with van der Waals surface area (Å²) in [5.74, 6) is 0. The van der Waals surface area contributed by atoms with Gasteiger partial charge in [0.2, 0.25) is 0 Å². The molecule has 0 saturated carbocycles. The van der Waals surface area contributed by atoms with Crippen molar-refractivity contribution < 1.29 is 4.42 Å². The van der Waals surface area contributed by atoms with Gasteiger partial charge < -0.3 is 4.42 Å². The Labute approximate surface area is 285 Å². The molecule has 0 N–H and O–H groups in total. The Bertz CT molecular complexity index is 2730. The molecule has 1 nitrogen and oxygen atoms in total. The van der Waals surface area contributed by atoms with Crippen molar-refractivity contribution in [3.8, 4) is 44.5 Å². The molecule has 8 aromatic carbocycles. The summed E-state index contributed by atoms with van der Waals surface area (Å²) in [5, 5.41) is 7.02. The summed E-state index contributed by atoms with van der Waals surface area (Å²) in [6, 6.07) is 56.4. The van der Waals surface area contributed by atoms with E-state index in [0.717, 1.165) is 55.3 Å². The number of furan rings is 1. The molecule has 0 saturated heterocycles. The molecule has 0 aliphatic heterocycles. The molecule has 230 valence electrons. The Morgan fingerprint density at radius 1 is 0.347 bits per heavy atom. The summed E-state index contributed by atoms with van der Waals surface area (Å²) in [4.78, 5) is 0. The van der Waals surface area contributed by atoms with Crippen molar-refractivity contribution in [2.45, 2.75) is 0 Å². The molecule has 0 fully saturated rings. The second kappa shape index (κ2) is 11.7. The number of hydrogen-bond donors (Lipinski definition) is 0. The van der Waals surface area contributed by atoms with E-state index >= 15 is 0 Å². The summed E-state index contributed by atoms with van der Waals surface area (Å²) in [6.07, 6.45) is 3.98. The molecule has 9 aromatic rings. The molecular weight excluding hydrogens is 593 g/mol. The lowest BCUT2D eigenvalue weighted by atomic mass is 9.82. The molecule has 0 bridgehead atoms.